The van der Waals surface area contributed by atoms with E-state index in [1.54, 1.807) is 0 Å². The molecule has 2 fully saturated rings. The Morgan fingerprint density at radius 2 is 1.73 bits per heavy atom. The van der Waals surface area contributed by atoms with Gasteiger partial charge >= 0.3 is 5.97 Å². The molecule has 0 bridgehead atoms. The molecular formula is C17H30N2O3. The summed E-state index contributed by atoms with van der Waals surface area (Å²) < 4.78 is 5.07. The number of carbonyl (C=O) groups is 2. The molecule has 1 aliphatic carbocycles. The van der Waals surface area contributed by atoms with Crippen LogP contribution >= 0.6 is 0 Å². The lowest BCUT2D eigenvalue weighted by Gasteiger charge is -2.31. The zero-order valence-electron chi connectivity index (χ0n) is 14.0. The lowest BCUT2D eigenvalue weighted by atomic mass is 9.87. The third kappa shape index (κ3) is 5.27. The first-order chi connectivity index (χ1) is 10.6. The van der Waals surface area contributed by atoms with Gasteiger partial charge in [-0.05, 0) is 64.5 Å². The molecule has 22 heavy (non-hydrogen) atoms. The lowest BCUT2D eigenvalue weighted by molar-refractivity contribution is -0.149. The third-order valence-electron chi connectivity index (χ3n) is 4.96. The predicted molar refractivity (Wildman–Crippen MR) is 85.4 cm³/mol. The lowest BCUT2D eigenvalue weighted by Crippen LogP contribution is -2.46. The van der Waals surface area contributed by atoms with Crippen LogP contribution in [0.2, 0.25) is 0 Å². The molecule has 0 atom stereocenters. The van der Waals surface area contributed by atoms with Crippen LogP contribution in [0.25, 0.3) is 0 Å². The molecule has 0 unspecified atom stereocenters. The Morgan fingerprint density at radius 3 is 2.32 bits per heavy atom. The minimum atomic E-state index is -0.0806. The van der Waals surface area contributed by atoms with E-state index in [4.69, 9.17) is 4.74 Å². The number of nitrogens with one attached hydrogen (secondary N) is 1. The summed E-state index contributed by atoms with van der Waals surface area (Å²) in [6.45, 7) is 6.63. The Balaban J connectivity index is 1.65. The third-order valence-corrected chi connectivity index (χ3v) is 4.96. The van der Waals surface area contributed by atoms with Crippen molar-refractivity contribution in [3.05, 3.63) is 0 Å². The fourth-order valence-electron chi connectivity index (χ4n) is 3.47. The van der Waals surface area contributed by atoms with Gasteiger partial charge < -0.3 is 10.1 Å². The molecule has 0 aromatic carbocycles. The van der Waals surface area contributed by atoms with Crippen molar-refractivity contribution in [1.82, 2.24) is 10.2 Å². The molecule has 0 aromatic heterocycles. The minimum absolute atomic E-state index is 0.0130. The summed E-state index contributed by atoms with van der Waals surface area (Å²) >= 11 is 0. The van der Waals surface area contributed by atoms with Crippen LogP contribution in [0.15, 0.2) is 0 Å². The van der Waals surface area contributed by atoms with Crippen LogP contribution < -0.4 is 5.32 Å². The van der Waals surface area contributed by atoms with Gasteiger partial charge in [0.25, 0.3) is 0 Å². The van der Waals surface area contributed by atoms with E-state index in [1.807, 2.05) is 6.92 Å². The largest absolute Gasteiger partial charge is 0.466 e. The number of esters is 1. The van der Waals surface area contributed by atoms with E-state index in [0.717, 1.165) is 44.7 Å². The van der Waals surface area contributed by atoms with Crippen molar-refractivity contribution >= 4 is 11.9 Å². The monoisotopic (exact) mass is 310 g/mol. The Kier molecular flexibility index (Phi) is 6.68. The van der Waals surface area contributed by atoms with Gasteiger partial charge in [-0.2, -0.15) is 0 Å². The highest BCUT2D eigenvalue weighted by Gasteiger charge is 2.27. The number of likely N-dealkylation sites (tertiary alicyclic amines) is 1. The Bertz CT molecular complexity index is 370. The molecule has 0 aromatic rings. The maximum atomic E-state index is 12.1. The van der Waals surface area contributed by atoms with Crippen molar-refractivity contribution in [3.63, 3.8) is 0 Å². The second-order valence-corrected chi connectivity index (χ2v) is 6.83. The first kappa shape index (κ1) is 17.3. The van der Waals surface area contributed by atoms with Crippen LogP contribution in [0.1, 0.15) is 52.4 Å². The van der Waals surface area contributed by atoms with Crippen LogP contribution in [-0.2, 0) is 14.3 Å². The van der Waals surface area contributed by atoms with Gasteiger partial charge in [-0.25, -0.2) is 0 Å². The van der Waals surface area contributed by atoms with Crippen LogP contribution in [-0.4, -0.2) is 49.1 Å². The average Bonchev–Trinajstić information content (AvgIpc) is 2.50. The van der Waals surface area contributed by atoms with E-state index >= 15 is 0 Å². The first-order valence-electron chi connectivity index (χ1n) is 8.76. The summed E-state index contributed by atoms with van der Waals surface area (Å²) in [4.78, 5) is 26.0. The number of hydrogen-bond donors (Lipinski definition) is 1. The molecule has 1 saturated carbocycles. The van der Waals surface area contributed by atoms with Gasteiger partial charge in [0.05, 0.1) is 19.1 Å². The van der Waals surface area contributed by atoms with Crippen molar-refractivity contribution < 1.29 is 14.3 Å². The van der Waals surface area contributed by atoms with E-state index in [9.17, 15) is 9.59 Å². The predicted octanol–water partition coefficient (Wildman–Crippen LogP) is 1.96. The zero-order valence-corrected chi connectivity index (χ0v) is 14.0. The molecular weight excluding hydrogens is 280 g/mol. The number of carbonyl (C=O) groups excluding carboxylic acids is 2. The molecule has 2 rings (SSSR count). The number of rotatable bonds is 5. The topological polar surface area (TPSA) is 58.6 Å². The van der Waals surface area contributed by atoms with Gasteiger partial charge in [-0.3, -0.25) is 14.5 Å². The Morgan fingerprint density at radius 1 is 1.09 bits per heavy atom. The number of hydrogen-bond acceptors (Lipinski definition) is 4. The van der Waals surface area contributed by atoms with Gasteiger partial charge in [0.2, 0.25) is 5.91 Å². The first-order valence-corrected chi connectivity index (χ1v) is 8.76. The van der Waals surface area contributed by atoms with Crippen molar-refractivity contribution in [2.75, 3.05) is 26.2 Å². The highest BCUT2D eigenvalue weighted by atomic mass is 16.5. The summed E-state index contributed by atoms with van der Waals surface area (Å²) in [5, 5.41) is 3.17. The second kappa shape index (κ2) is 8.51. The summed E-state index contributed by atoms with van der Waals surface area (Å²) in [5.41, 5.74) is 0. The van der Waals surface area contributed by atoms with Crippen LogP contribution in [0, 0.1) is 11.8 Å². The quantitative estimate of drug-likeness (QED) is 0.789. The number of piperidine rings is 1. The maximum absolute atomic E-state index is 12.1. The summed E-state index contributed by atoms with van der Waals surface area (Å²) in [5.74, 6) is 0.867. The number of nitrogens with zero attached hydrogens (tertiary/aromatic N) is 1. The molecule has 5 nitrogen and oxygen atoms in total. The second-order valence-electron chi connectivity index (χ2n) is 6.83. The van der Waals surface area contributed by atoms with Crippen molar-refractivity contribution in [2.45, 2.75) is 58.4 Å². The van der Waals surface area contributed by atoms with Gasteiger partial charge in [0.15, 0.2) is 0 Å². The smallest absolute Gasteiger partial charge is 0.309 e. The van der Waals surface area contributed by atoms with Gasteiger partial charge in [0, 0.05) is 6.04 Å². The van der Waals surface area contributed by atoms with E-state index in [-0.39, 0.29) is 17.8 Å². The van der Waals surface area contributed by atoms with Crippen molar-refractivity contribution in [3.8, 4) is 0 Å². The fraction of sp³-hybridized carbons (Fsp3) is 0.882. The van der Waals surface area contributed by atoms with E-state index in [0.29, 0.717) is 19.2 Å². The molecule has 0 spiro atoms. The number of ether oxygens (including phenoxy) is 1. The normalized spacial score (nSPS) is 27.4. The summed E-state index contributed by atoms with van der Waals surface area (Å²) in [7, 11) is 0. The molecule has 1 saturated heterocycles. The number of amides is 1. The summed E-state index contributed by atoms with van der Waals surface area (Å²) in [6, 6.07) is 0.362. The van der Waals surface area contributed by atoms with Crippen LogP contribution in [0.5, 0.6) is 0 Å². The fourth-order valence-corrected chi connectivity index (χ4v) is 3.47. The van der Waals surface area contributed by atoms with Gasteiger partial charge in [-0.1, -0.05) is 6.92 Å². The minimum Gasteiger partial charge on any atom is -0.466 e. The van der Waals surface area contributed by atoms with E-state index in [2.05, 4.69) is 17.1 Å². The maximum Gasteiger partial charge on any atom is 0.309 e. The van der Waals surface area contributed by atoms with Crippen LogP contribution in [0.3, 0.4) is 0 Å². The Labute approximate surface area is 133 Å². The van der Waals surface area contributed by atoms with Gasteiger partial charge in [-0.15, -0.1) is 0 Å². The Hall–Kier alpha value is -1.10. The molecule has 1 aliphatic heterocycles. The zero-order chi connectivity index (χ0) is 15.9. The summed E-state index contributed by atoms with van der Waals surface area (Å²) in [6.07, 6.45) is 6.25. The molecule has 2 aliphatic rings. The molecule has 1 N–H and O–H groups in total. The highest BCUT2D eigenvalue weighted by molar-refractivity contribution is 5.78. The molecule has 5 heteroatoms. The van der Waals surface area contributed by atoms with Crippen molar-refractivity contribution in [1.29, 1.82) is 0 Å². The molecule has 0 radical (unpaired) electrons. The molecule has 1 amide bonds. The van der Waals surface area contributed by atoms with E-state index < -0.39 is 0 Å². The molecule has 126 valence electrons. The SMILES string of the molecule is CCOC(=O)C1CCN(CC(=O)NC2CCC(C)CC2)CC1. The van der Waals surface area contributed by atoms with Crippen molar-refractivity contribution in [2.24, 2.45) is 11.8 Å². The van der Waals surface area contributed by atoms with E-state index in [1.165, 1.54) is 12.8 Å². The molecule has 1 heterocycles. The van der Waals surface area contributed by atoms with Gasteiger partial charge in [0.1, 0.15) is 0 Å². The average molecular weight is 310 g/mol. The standard InChI is InChI=1S/C17H30N2O3/c1-3-22-17(21)14-8-10-19(11-9-14)12-16(20)18-15-6-4-13(2)5-7-15/h13-15H,3-12H2,1-2H3,(H,18,20). The highest BCUT2D eigenvalue weighted by Crippen LogP contribution is 2.23. The van der Waals surface area contributed by atoms with Crippen LogP contribution in [0.4, 0.5) is 0 Å².